The second-order valence-corrected chi connectivity index (χ2v) is 4.70. The van der Waals surface area contributed by atoms with Gasteiger partial charge in [-0.1, -0.05) is 30.2 Å². The van der Waals surface area contributed by atoms with Crippen molar-refractivity contribution in [1.82, 2.24) is 5.32 Å². The minimum absolute atomic E-state index is 0.0206. The van der Waals surface area contributed by atoms with E-state index in [-0.39, 0.29) is 24.5 Å². The molecule has 2 aromatic carbocycles. The molecule has 0 aliphatic carbocycles. The van der Waals surface area contributed by atoms with Crippen LogP contribution in [-0.4, -0.2) is 25.0 Å². The number of terminal acetylenes is 1. The van der Waals surface area contributed by atoms with E-state index >= 15 is 0 Å². The lowest BCUT2D eigenvalue weighted by molar-refractivity contribution is -0.118. The molecule has 6 heteroatoms. The normalized spacial score (nSPS) is 9.67. The number of benzene rings is 2. The van der Waals surface area contributed by atoms with E-state index in [0.29, 0.717) is 5.69 Å². The number of carbonyl (C=O) groups is 2. The molecule has 0 unspecified atom stereocenters. The summed E-state index contributed by atoms with van der Waals surface area (Å²) < 4.78 is 18.6. The molecule has 0 aliphatic rings. The minimum Gasteiger partial charge on any atom is -0.481 e. The highest BCUT2D eigenvalue weighted by Crippen LogP contribution is 2.17. The van der Waals surface area contributed by atoms with Crippen LogP contribution < -0.4 is 15.4 Å². The summed E-state index contributed by atoms with van der Waals surface area (Å²) in [6.07, 6.45) is 5.10. The molecule has 2 amide bonds. The first-order valence-corrected chi connectivity index (χ1v) is 7.09. The highest BCUT2D eigenvalue weighted by atomic mass is 19.1. The van der Waals surface area contributed by atoms with Crippen LogP contribution in [0, 0.1) is 18.2 Å². The second kappa shape index (κ2) is 8.34. The van der Waals surface area contributed by atoms with Crippen molar-refractivity contribution in [3.63, 3.8) is 0 Å². The quantitative estimate of drug-likeness (QED) is 0.800. The summed E-state index contributed by atoms with van der Waals surface area (Å²) in [6.45, 7) is -0.307. The predicted molar refractivity (Wildman–Crippen MR) is 88.1 cm³/mol. The van der Waals surface area contributed by atoms with Gasteiger partial charge >= 0.3 is 0 Å². The van der Waals surface area contributed by atoms with E-state index in [1.165, 1.54) is 18.2 Å². The average molecular weight is 326 g/mol. The molecule has 0 atom stereocenters. The zero-order chi connectivity index (χ0) is 17.4. The molecule has 24 heavy (non-hydrogen) atoms. The van der Waals surface area contributed by atoms with E-state index < -0.39 is 17.6 Å². The van der Waals surface area contributed by atoms with Gasteiger partial charge in [-0.15, -0.1) is 6.42 Å². The monoisotopic (exact) mass is 326 g/mol. The molecule has 122 valence electrons. The van der Waals surface area contributed by atoms with E-state index in [9.17, 15) is 14.0 Å². The summed E-state index contributed by atoms with van der Waals surface area (Å²) >= 11 is 0. The van der Waals surface area contributed by atoms with Gasteiger partial charge in [0.25, 0.3) is 11.8 Å². The molecular formula is C18H15FN2O3. The van der Waals surface area contributed by atoms with Gasteiger partial charge in [-0.2, -0.15) is 0 Å². The summed E-state index contributed by atoms with van der Waals surface area (Å²) in [5.74, 6) is 0.799. The van der Waals surface area contributed by atoms with Gasteiger partial charge in [0, 0.05) is 0 Å². The predicted octanol–water partition coefficient (Wildman–Crippen LogP) is 2.21. The number of hydrogen-bond donors (Lipinski definition) is 2. The molecule has 2 aromatic rings. The second-order valence-electron chi connectivity index (χ2n) is 4.70. The Hall–Kier alpha value is -3.33. The Bertz CT molecular complexity index is 784. The van der Waals surface area contributed by atoms with Crippen LogP contribution in [0.4, 0.5) is 10.1 Å². The third kappa shape index (κ3) is 4.58. The van der Waals surface area contributed by atoms with Crippen molar-refractivity contribution in [2.75, 3.05) is 18.5 Å². The van der Waals surface area contributed by atoms with Gasteiger partial charge in [-0.25, -0.2) is 4.39 Å². The largest absolute Gasteiger partial charge is 0.481 e. The average Bonchev–Trinajstić information content (AvgIpc) is 2.59. The van der Waals surface area contributed by atoms with Crippen LogP contribution in [0.25, 0.3) is 0 Å². The molecule has 0 aliphatic heterocycles. The lowest BCUT2D eigenvalue weighted by Gasteiger charge is -2.11. The van der Waals surface area contributed by atoms with Crippen LogP contribution >= 0.6 is 0 Å². The molecule has 0 fully saturated rings. The zero-order valence-electron chi connectivity index (χ0n) is 12.7. The molecule has 0 bridgehead atoms. The molecule has 0 spiro atoms. The van der Waals surface area contributed by atoms with Crippen LogP contribution in [0.2, 0.25) is 0 Å². The SMILES string of the molecule is C#CCNC(=O)c1ccccc1NC(=O)COc1ccccc1F. The van der Waals surface area contributed by atoms with Gasteiger partial charge < -0.3 is 15.4 Å². The fourth-order valence-electron chi connectivity index (χ4n) is 1.91. The molecule has 0 radical (unpaired) electrons. The first-order valence-electron chi connectivity index (χ1n) is 7.09. The Labute approximate surface area is 138 Å². The standard InChI is InChI=1S/C18H15FN2O3/c1-2-11-20-18(23)13-7-3-5-9-15(13)21-17(22)12-24-16-10-6-4-8-14(16)19/h1,3-10H,11-12H2,(H,20,23)(H,21,22). The van der Waals surface area contributed by atoms with Gasteiger partial charge in [0.2, 0.25) is 0 Å². The van der Waals surface area contributed by atoms with Crippen molar-refractivity contribution in [2.24, 2.45) is 0 Å². The van der Waals surface area contributed by atoms with Crippen molar-refractivity contribution in [3.05, 3.63) is 59.9 Å². The summed E-state index contributed by atoms with van der Waals surface area (Å²) in [5.41, 5.74) is 0.584. The van der Waals surface area contributed by atoms with E-state index in [4.69, 9.17) is 11.2 Å². The van der Waals surface area contributed by atoms with Crippen LogP contribution in [0.1, 0.15) is 10.4 Å². The Morgan fingerprint density at radius 2 is 1.83 bits per heavy atom. The fraction of sp³-hybridized carbons (Fsp3) is 0.111. The first-order chi connectivity index (χ1) is 11.6. The maximum Gasteiger partial charge on any atom is 0.262 e. The Morgan fingerprint density at radius 1 is 1.12 bits per heavy atom. The number of carbonyl (C=O) groups excluding carboxylic acids is 2. The van der Waals surface area contributed by atoms with Crippen molar-refractivity contribution < 1.29 is 18.7 Å². The van der Waals surface area contributed by atoms with Crippen LogP contribution in [0.15, 0.2) is 48.5 Å². The van der Waals surface area contributed by atoms with Crippen molar-refractivity contribution in [3.8, 4) is 18.1 Å². The fourth-order valence-corrected chi connectivity index (χ4v) is 1.91. The van der Waals surface area contributed by atoms with Gasteiger partial charge in [0.15, 0.2) is 18.2 Å². The number of para-hydroxylation sites is 2. The molecule has 0 heterocycles. The number of ether oxygens (including phenoxy) is 1. The van der Waals surface area contributed by atoms with E-state index in [2.05, 4.69) is 16.6 Å². The molecule has 5 nitrogen and oxygen atoms in total. The third-order valence-electron chi connectivity index (χ3n) is 2.99. The molecule has 2 N–H and O–H groups in total. The Kier molecular flexibility index (Phi) is 5.92. The lowest BCUT2D eigenvalue weighted by Crippen LogP contribution is -2.26. The highest BCUT2D eigenvalue weighted by Gasteiger charge is 2.13. The Morgan fingerprint density at radius 3 is 2.58 bits per heavy atom. The number of halogens is 1. The van der Waals surface area contributed by atoms with Crippen molar-refractivity contribution in [1.29, 1.82) is 0 Å². The summed E-state index contributed by atoms with van der Waals surface area (Å²) in [7, 11) is 0. The van der Waals surface area contributed by atoms with E-state index in [1.54, 1.807) is 30.3 Å². The summed E-state index contributed by atoms with van der Waals surface area (Å²) in [5, 5.41) is 5.08. The molecular weight excluding hydrogens is 311 g/mol. The zero-order valence-corrected chi connectivity index (χ0v) is 12.7. The topological polar surface area (TPSA) is 67.4 Å². The maximum atomic E-state index is 13.4. The van der Waals surface area contributed by atoms with Crippen LogP contribution in [0.5, 0.6) is 5.75 Å². The first kappa shape index (κ1) is 17.0. The maximum absolute atomic E-state index is 13.4. The van der Waals surface area contributed by atoms with Gasteiger partial charge in [-0.05, 0) is 24.3 Å². The highest BCUT2D eigenvalue weighted by molar-refractivity contribution is 6.04. The van der Waals surface area contributed by atoms with E-state index in [1.807, 2.05) is 0 Å². The van der Waals surface area contributed by atoms with E-state index in [0.717, 1.165) is 0 Å². The molecule has 0 saturated heterocycles. The van der Waals surface area contributed by atoms with Crippen LogP contribution in [0.3, 0.4) is 0 Å². The van der Waals surface area contributed by atoms with Gasteiger partial charge in [-0.3, -0.25) is 9.59 Å². The number of nitrogens with one attached hydrogen (secondary N) is 2. The number of amides is 2. The minimum atomic E-state index is -0.556. The van der Waals surface area contributed by atoms with Gasteiger partial charge in [0.05, 0.1) is 17.8 Å². The smallest absolute Gasteiger partial charge is 0.262 e. The number of hydrogen-bond acceptors (Lipinski definition) is 3. The molecule has 0 saturated carbocycles. The molecule has 2 rings (SSSR count). The number of anilines is 1. The number of rotatable bonds is 6. The van der Waals surface area contributed by atoms with Crippen molar-refractivity contribution in [2.45, 2.75) is 0 Å². The summed E-state index contributed by atoms with van der Waals surface area (Å²) in [4.78, 5) is 24.0. The van der Waals surface area contributed by atoms with Crippen LogP contribution in [-0.2, 0) is 4.79 Å². The Balaban J connectivity index is 2.00. The molecule has 0 aromatic heterocycles. The van der Waals surface area contributed by atoms with Gasteiger partial charge in [0.1, 0.15) is 0 Å². The van der Waals surface area contributed by atoms with Crippen molar-refractivity contribution >= 4 is 17.5 Å². The third-order valence-corrected chi connectivity index (χ3v) is 2.99. The summed E-state index contributed by atoms with van der Waals surface area (Å²) in [6, 6.07) is 12.2. The lowest BCUT2D eigenvalue weighted by atomic mass is 10.1.